The van der Waals surface area contributed by atoms with E-state index in [2.05, 4.69) is 82.1 Å². The number of benzene rings is 2. The molecule has 2 aromatic carbocycles. The number of hydrogen-bond acceptors (Lipinski definition) is 3. The van der Waals surface area contributed by atoms with Gasteiger partial charge in [0.05, 0.1) is 12.2 Å². The Bertz CT molecular complexity index is 1090. The number of aryl methyl sites for hydroxylation is 2. The maximum Gasteiger partial charge on any atom is 0.0626 e. The van der Waals surface area contributed by atoms with Crippen LogP contribution in [0.5, 0.6) is 0 Å². The van der Waals surface area contributed by atoms with Gasteiger partial charge in [-0.3, -0.25) is 0 Å². The molecule has 2 N–H and O–H groups in total. The number of nitrogens with zero attached hydrogens (tertiary/aromatic N) is 1. The summed E-state index contributed by atoms with van der Waals surface area (Å²) >= 11 is 0. The van der Waals surface area contributed by atoms with Gasteiger partial charge < -0.3 is 15.2 Å². The third-order valence-electron chi connectivity index (χ3n) is 8.20. The molecule has 191 valence electrons. The van der Waals surface area contributed by atoms with Crippen molar-refractivity contribution in [3.05, 3.63) is 65.9 Å². The Hall–Kier alpha value is -1.58. The average molecular weight is 651 g/mol. The molecule has 35 heavy (non-hydrogen) atoms. The van der Waals surface area contributed by atoms with Gasteiger partial charge in [-0.2, -0.15) is 0 Å². The van der Waals surface area contributed by atoms with Gasteiger partial charge in [-0.1, -0.05) is 65.3 Å². The minimum Gasteiger partial charge on any atom is -0.392 e. The van der Waals surface area contributed by atoms with Gasteiger partial charge in [0.25, 0.3) is 0 Å². The molecule has 4 heteroatoms. The summed E-state index contributed by atoms with van der Waals surface area (Å²) in [5, 5.41) is 23.1. The fraction of sp³-hybridized carbons (Fsp3) is 0.516. The molecular formula is C31H40IrNO2-. The summed E-state index contributed by atoms with van der Waals surface area (Å²) in [6.45, 7) is 10.7. The minimum atomic E-state index is -0.269. The smallest absolute Gasteiger partial charge is 0.0626 e. The molecule has 3 aromatic rings. The van der Waals surface area contributed by atoms with E-state index in [0.29, 0.717) is 23.7 Å². The van der Waals surface area contributed by atoms with Crippen LogP contribution in [-0.4, -0.2) is 27.4 Å². The maximum atomic E-state index is 10.4. The Kier molecular flexibility index (Phi) is 9.68. The van der Waals surface area contributed by atoms with Crippen LogP contribution >= 0.6 is 0 Å². The van der Waals surface area contributed by atoms with Crippen LogP contribution < -0.4 is 0 Å². The van der Waals surface area contributed by atoms with Gasteiger partial charge in [-0.05, 0) is 65.5 Å². The first-order valence-corrected chi connectivity index (χ1v) is 13.0. The third kappa shape index (κ3) is 6.05. The van der Waals surface area contributed by atoms with Gasteiger partial charge >= 0.3 is 0 Å². The van der Waals surface area contributed by atoms with Crippen molar-refractivity contribution in [3.8, 4) is 11.3 Å². The molecule has 2 saturated carbocycles. The van der Waals surface area contributed by atoms with Gasteiger partial charge in [0.2, 0.25) is 0 Å². The Balaban J connectivity index is 0.000000192. The number of aliphatic hydroxyl groups excluding tert-OH is 2. The second-order valence-corrected chi connectivity index (χ2v) is 10.8. The van der Waals surface area contributed by atoms with Crippen molar-refractivity contribution in [3.63, 3.8) is 0 Å². The normalized spacial score (nSPS) is 27.7. The molecule has 4 unspecified atom stereocenters. The molecule has 2 fully saturated rings. The SMILES string of the molecule is CC[C@H]1CCC2C[C@@H](C(C)C)C(O)C2C1O.Cc1[c-]c(-c2nccc3ccccc23)cc(C)c1.[Ir]. The van der Waals surface area contributed by atoms with E-state index in [0.717, 1.165) is 36.1 Å². The first-order chi connectivity index (χ1) is 16.3. The first-order valence-electron chi connectivity index (χ1n) is 13.0. The Morgan fingerprint density at radius 1 is 1.03 bits per heavy atom. The number of rotatable bonds is 3. The van der Waals surface area contributed by atoms with Gasteiger partial charge in [0, 0.05) is 32.2 Å². The summed E-state index contributed by atoms with van der Waals surface area (Å²) in [4.78, 5) is 4.53. The predicted molar refractivity (Wildman–Crippen MR) is 140 cm³/mol. The molecule has 2 aliphatic carbocycles. The number of pyridine rings is 1. The third-order valence-corrected chi connectivity index (χ3v) is 8.20. The maximum absolute atomic E-state index is 10.4. The zero-order valence-electron chi connectivity index (χ0n) is 21.7. The zero-order valence-corrected chi connectivity index (χ0v) is 24.1. The number of hydrogen-bond donors (Lipinski definition) is 2. The fourth-order valence-electron chi connectivity index (χ4n) is 6.38. The molecule has 3 nitrogen and oxygen atoms in total. The molecular weight excluding hydrogens is 611 g/mol. The van der Waals surface area contributed by atoms with Crippen molar-refractivity contribution in [2.24, 2.45) is 29.6 Å². The Labute approximate surface area is 224 Å². The standard InChI is InChI=1S/C17H14N.C14H26O2.Ir/c1-12-9-13(2)11-15(10-12)17-16-6-4-3-5-14(16)7-8-18-17;1-4-9-5-6-10-7-11(8(2)3)14(16)12(10)13(9)15;/h3-10H,1-2H3;8-16H,4-7H2,1-3H3;/q-1;;/t;9-,10?,11-,12?,13?,14?;/m.0./s1. The zero-order chi connectivity index (χ0) is 24.4. The van der Waals surface area contributed by atoms with Gasteiger partial charge in [0.15, 0.2) is 0 Å². The van der Waals surface area contributed by atoms with Crippen LogP contribution in [0, 0.1) is 49.5 Å². The van der Waals surface area contributed by atoms with Gasteiger partial charge in [0.1, 0.15) is 0 Å². The quantitative estimate of drug-likeness (QED) is 0.309. The van der Waals surface area contributed by atoms with Crippen LogP contribution in [0.4, 0.5) is 0 Å². The topological polar surface area (TPSA) is 53.4 Å². The second kappa shape index (κ2) is 12.1. The summed E-state index contributed by atoms with van der Waals surface area (Å²) in [5.41, 5.74) is 4.49. The van der Waals surface area contributed by atoms with Crippen LogP contribution in [0.15, 0.2) is 48.7 Å². The summed E-state index contributed by atoms with van der Waals surface area (Å²) in [6.07, 6.45) is 5.86. The molecule has 0 spiro atoms. The van der Waals surface area contributed by atoms with E-state index < -0.39 is 0 Å². The first kappa shape index (κ1) is 28.0. The van der Waals surface area contributed by atoms with Crippen LogP contribution in [0.2, 0.25) is 0 Å². The largest absolute Gasteiger partial charge is 0.392 e. The molecule has 0 aliphatic heterocycles. The Morgan fingerprint density at radius 2 is 1.77 bits per heavy atom. The van der Waals surface area contributed by atoms with E-state index in [4.69, 9.17) is 0 Å². The van der Waals surface area contributed by atoms with E-state index in [1.165, 1.54) is 22.8 Å². The number of aromatic nitrogens is 1. The monoisotopic (exact) mass is 651 g/mol. The van der Waals surface area contributed by atoms with Crippen LogP contribution in [0.25, 0.3) is 22.0 Å². The van der Waals surface area contributed by atoms with E-state index in [1.54, 1.807) is 0 Å². The van der Waals surface area contributed by atoms with Crippen molar-refractivity contribution in [1.29, 1.82) is 0 Å². The molecule has 2 aliphatic rings. The Morgan fingerprint density at radius 3 is 2.46 bits per heavy atom. The number of aliphatic hydroxyl groups is 2. The second-order valence-electron chi connectivity index (χ2n) is 10.8. The van der Waals surface area contributed by atoms with Gasteiger partial charge in [-0.15, -0.1) is 34.9 Å². The molecule has 0 bridgehead atoms. The van der Waals surface area contributed by atoms with Crippen LogP contribution in [0.3, 0.4) is 0 Å². The predicted octanol–water partition coefficient (Wildman–Crippen LogP) is 6.75. The van der Waals surface area contributed by atoms with E-state index in [-0.39, 0.29) is 38.2 Å². The number of fused-ring (bicyclic) bond motifs is 2. The van der Waals surface area contributed by atoms with Crippen LogP contribution in [-0.2, 0) is 20.1 Å². The van der Waals surface area contributed by atoms with Crippen LogP contribution in [0.1, 0.15) is 57.6 Å². The van der Waals surface area contributed by atoms with Crippen molar-refractivity contribution in [1.82, 2.24) is 4.98 Å². The van der Waals surface area contributed by atoms with Crippen molar-refractivity contribution < 1.29 is 30.3 Å². The summed E-state index contributed by atoms with van der Waals surface area (Å²) in [6, 6.07) is 18.0. The van der Waals surface area contributed by atoms with Crippen molar-refractivity contribution in [2.75, 3.05) is 0 Å². The molecule has 1 radical (unpaired) electrons. The molecule has 0 amide bonds. The fourth-order valence-corrected chi connectivity index (χ4v) is 6.38. The minimum absolute atomic E-state index is 0. The summed E-state index contributed by atoms with van der Waals surface area (Å²) in [7, 11) is 0. The molecule has 1 heterocycles. The summed E-state index contributed by atoms with van der Waals surface area (Å²) < 4.78 is 0. The average Bonchev–Trinajstić information content (AvgIpc) is 3.16. The van der Waals surface area contributed by atoms with E-state index >= 15 is 0 Å². The molecule has 5 rings (SSSR count). The van der Waals surface area contributed by atoms with Crippen molar-refractivity contribution >= 4 is 10.8 Å². The molecule has 0 saturated heterocycles. The molecule has 1 aromatic heterocycles. The van der Waals surface area contributed by atoms with Crippen molar-refractivity contribution in [2.45, 2.75) is 72.5 Å². The summed E-state index contributed by atoms with van der Waals surface area (Å²) in [5.74, 6) is 2.08. The molecule has 6 atom stereocenters. The van der Waals surface area contributed by atoms with E-state index in [1.807, 2.05) is 12.3 Å². The van der Waals surface area contributed by atoms with Gasteiger partial charge in [-0.25, -0.2) is 0 Å². The van der Waals surface area contributed by atoms with E-state index in [9.17, 15) is 10.2 Å².